The highest BCUT2D eigenvalue weighted by atomic mass is 32.2. The van der Waals surface area contributed by atoms with Gasteiger partial charge in [-0.2, -0.15) is 5.10 Å². The third-order valence-corrected chi connectivity index (χ3v) is 6.72. The molecule has 2 aromatic heterocycles. The molecule has 0 bridgehead atoms. The summed E-state index contributed by atoms with van der Waals surface area (Å²) in [5.41, 5.74) is 4.93. The van der Waals surface area contributed by atoms with E-state index in [1.165, 1.54) is 30.5 Å². The van der Waals surface area contributed by atoms with Gasteiger partial charge in [0, 0.05) is 53.1 Å². The van der Waals surface area contributed by atoms with Crippen molar-refractivity contribution >= 4 is 22.9 Å². The van der Waals surface area contributed by atoms with Gasteiger partial charge in [0.05, 0.1) is 11.2 Å². The summed E-state index contributed by atoms with van der Waals surface area (Å²) in [5.74, 6) is 0. The van der Waals surface area contributed by atoms with E-state index in [9.17, 15) is 0 Å². The first-order valence-electron chi connectivity index (χ1n) is 9.48. The van der Waals surface area contributed by atoms with Gasteiger partial charge in [0.15, 0.2) is 0 Å². The van der Waals surface area contributed by atoms with Gasteiger partial charge in [0.25, 0.3) is 0 Å². The predicted molar refractivity (Wildman–Crippen MR) is 108 cm³/mol. The number of benzene rings is 1. The molecule has 4 nitrogen and oxygen atoms in total. The number of aromatic nitrogens is 3. The fourth-order valence-corrected chi connectivity index (χ4v) is 5.56. The van der Waals surface area contributed by atoms with Crippen molar-refractivity contribution < 1.29 is 0 Å². The van der Waals surface area contributed by atoms with Gasteiger partial charge in [-0.1, -0.05) is 44.0 Å². The standard InChI is InChI=1S/C21H24N4S/c1-15(2)26-24-9-7-21(14-24)8-10-25-20(21)12-19(23-25)17-11-16-5-3-4-6-18(16)22-13-17/h3-6,11-13,15H,7-10,14H2,1-2H3. The third-order valence-electron chi connectivity index (χ3n) is 5.69. The van der Waals surface area contributed by atoms with Crippen LogP contribution < -0.4 is 0 Å². The zero-order chi connectivity index (χ0) is 17.7. The molecule has 134 valence electrons. The minimum absolute atomic E-state index is 0.289. The molecule has 5 heteroatoms. The van der Waals surface area contributed by atoms with E-state index >= 15 is 0 Å². The van der Waals surface area contributed by atoms with Crippen LogP contribution in [0.2, 0.25) is 0 Å². The molecule has 2 aliphatic heterocycles. The highest BCUT2D eigenvalue weighted by Gasteiger charge is 2.46. The lowest BCUT2D eigenvalue weighted by atomic mass is 9.82. The van der Waals surface area contributed by atoms with Crippen molar-refractivity contribution in [2.24, 2.45) is 0 Å². The van der Waals surface area contributed by atoms with Crippen LogP contribution in [0, 0.1) is 0 Å². The Bertz CT molecular complexity index is 964. The summed E-state index contributed by atoms with van der Waals surface area (Å²) in [4.78, 5) is 4.61. The summed E-state index contributed by atoms with van der Waals surface area (Å²) in [5, 5.41) is 6.75. The second kappa shape index (κ2) is 6.10. The van der Waals surface area contributed by atoms with Gasteiger partial charge in [0.1, 0.15) is 0 Å². The molecule has 0 N–H and O–H groups in total. The van der Waals surface area contributed by atoms with Gasteiger partial charge in [-0.05, 0) is 31.0 Å². The van der Waals surface area contributed by atoms with Gasteiger partial charge >= 0.3 is 0 Å². The summed E-state index contributed by atoms with van der Waals surface area (Å²) in [6, 6.07) is 12.8. The van der Waals surface area contributed by atoms with Gasteiger partial charge in [-0.25, -0.2) is 4.31 Å². The number of aryl methyl sites for hydroxylation is 1. The molecule has 1 unspecified atom stereocenters. The van der Waals surface area contributed by atoms with Crippen molar-refractivity contribution in [1.82, 2.24) is 19.1 Å². The van der Waals surface area contributed by atoms with E-state index in [4.69, 9.17) is 5.10 Å². The van der Waals surface area contributed by atoms with Gasteiger partial charge < -0.3 is 0 Å². The molecule has 1 saturated heterocycles. The van der Waals surface area contributed by atoms with Crippen LogP contribution in [-0.4, -0.2) is 37.4 Å². The van der Waals surface area contributed by atoms with Crippen LogP contribution in [0.1, 0.15) is 32.4 Å². The largest absolute Gasteiger partial charge is 0.268 e. The van der Waals surface area contributed by atoms with Crippen molar-refractivity contribution in [3.63, 3.8) is 0 Å². The molecule has 4 heterocycles. The molecular weight excluding hydrogens is 340 g/mol. The number of hydrogen-bond donors (Lipinski definition) is 0. The highest BCUT2D eigenvalue weighted by molar-refractivity contribution is 7.97. The molecule has 1 aromatic carbocycles. The van der Waals surface area contributed by atoms with Crippen LogP contribution in [0.5, 0.6) is 0 Å². The lowest BCUT2D eigenvalue weighted by Crippen LogP contribution is -2.26. The molecule has 0 saturated carbocycles. The van der Waals surface area contributed by atoms with Crippen LogP contribution in [0.25, 0.3) is 22.2 Å². The van der Waals surface area contributed by atoms with E-state index in [0.717, 1.165) is 29.9 Å². The van der Waals surface area contributed by atoms with E-state index < -0.39 is 0 Å². The maximum Gasteiger partial charge on any atom is 0.0941 e. The Labute approximate surface area is 158 Å². The monoisotopic (exact) mass is 364 g/mol. The molecule has 1 atom stereocenters. The Morgan fingerprint density at radius 2 is 1.96 bits per heavy atom. The Balaban J connectivity index is 1.47. The fourth-order valence-electron chi connectivity index (χ4n) is 4.45. The lowest BCUT2D eigenvalue weighted by molar-refractivity contribution is 0.438. The minimum atomic E-state index is 0.289. The Morgan fingerprint density at radius 3 is 2.85 bits per heavy atom. The highest BCUT2D eigenvalue weighted by Crippen LogP contribution is 2.45. The maximum atomic E-state index is 4.92. The molecule has 5 rings (SSSR count). The zero-order valence-electron chi connectivity index (χ0n) is 15.4. The van der Waals surface area contributed by atoms with E-state index in [2.05, 4.69) is 58.2 Å². The summed E-state index contributed by atoms with van der Waals surface area (Å²) in [7, 11) is 0. The van der Waals surface area contributed by atoms with E-state index in [0.29, 0.717) is 5.25 Å². The van der Waals surface area contributed by atoms with Crippen molar-refractivity contribution in [3.8, 4) is 11.3 Å². The zero-order valence-corrected chi connectivity index (χ0v) is 16.2. The number of nitrogens with zero attached hydrogens (tertiary/aromatic N) is 4. The Hall–Kier alpha value is -1.85. The number of rotatable bonds is 3. The van der Waals surface area contributed by atoms with Crippen molar-refractivity contribution in [2.75, 3.05) is 13.1 Å². The molecule has 2 aliphatic rings. The van der Waals surface area contributed by atoms with Gasteiger partial charge in [0.2, 0.25) is 0 Å². The van der Waals surface area contributed by atoms with Crippen LogP contribution in [-0.2, 0) is 12.0 Å². The number of pyridine rings is 1. The SMILES string of the molecule is CC(C)SN1CCC2(CCn3nc(-c4cnc5ccccc5c4)cc32)C1. The summed E-state index contributed by atoms with van der Waals surface area (Å²) in [6.07, 6.45) is 4.43. The second-order valence-corrected chi connectivity index (χ2v) is 9.52. The summed E-state index contributed by atoms with van der Waals surface area (Å²) >= 11 is 2.00. The number of fused-ring (bicyclic) bond motifs is 3. The molecule has 0 aliphatic carbocycles. The molecule has 0 amide bonds. The van der Waals surface area contributed by atoms with Crippen molar-refractivity contribution in [2.45, 2.75) is 43.9 Å². The minimum Gasteiger partial charge on any atom is -0.268 e. The first-order valence-corrected chi connectivity index (χ1v) is 10.3. The van der Waals surface area contributed by atoms with Crippen LogP contribution in [0.4, 0.5) is 0 Å². The average molecular weight is 365 g/mol. The Kier molecular flexibility index (Phi) is 3.83. The number of hydrogen-bond acceptors (Lipinski definition) is 4. The molecular formula is C21H24N4S. The van der Waals surface area contributed by atoms with E-state index in [1.807, 2.05) is 24.2 Å². The molecule has 1 spiro atoms. The fraction of sp³-hybridized carbons (Fsp3) is 0.429. The first kappa shape index (κ1) is 16.3. The smallest absolute Gasteiger partial charge is 0.0941 e. The Morgan fingerprint density at radius 1 is 1.12 bits per heavy atom. The normalized spacial score (nSPS) is 22.7. The van der Waals surface area contributed by atoms with Gasteiger partial charge in [-0.15, -0.1) is 0 Å². The molecule has 0 radical (unpaired) electrons. The van der Waals surface area contributed by atoms with E-state index in [-0.39, 0.29) is 5.41 Å². The molecule has 26 heavy (non-hydrogen) atoms. The molecule has 3 aromatic rings. The topological polar surface area (TPSA) is 34.0 Å². The number of para-hydroxylation sites is 1. The summed E-state index contributed by atoms with van der Waals surface area (Å²) < 4.78 is 4.80. The van der Waals surface area contributed by atoms with Gasteiger partial charge in [-0.3, -0.25) is 9.67 Å². The average Bonchev–Trinajstić information content (AvgIpc) is 3.31. The lowest BCUT2D eigenvalue weighted by Gasteiger charge is -2.23. The van der Waals surface area contributed by atoms with Crippen LogP contribution >= 0.6 is 11.9 Å². The third kappa shape index (κ3) is 2.65. The predicted octanol–water partition coefficient (Wildman–Crippen LogP) is 4.50. The quantitative estimate of drug-likeness (QED) is 0.641. The van der Waals surface area contributed by atoms with Crippen molar-refractivity contribution in [1.29, 1.82) is 0 Å². The van der Waals surface area contributed by atoms with Crippen LogP contribution in [0.3, 0.4) is 0 Å². The maximum absolute atomic E-state index is 4.92. The van der Waals surface area contributed by atoms with Crippen LogP contribution in [0.15, 0.2) is 42.6 Å². The summed E-state index contributed by atoms with van der Waals surface area (Å²) in [6.45, 7) is 7.92. The molecule has 1 fully saturated rings. The second-order valence-electron chi connectivity index (χ2n) is 7.85. The van der Waals surface area contributed by atoms with Crippen molar-refractivity contribution in [3.05, 3.63) is 48.3 Å². The first-order chi connectivity index (χ1) is 12.6. The van der Waals surface area contributed by atoms with E-state index in [1.54, 1.807) is 0 Å².